The Balaban J connectivity index is 2.05. The maximum Gasteiger partial charge on any atom is 0.405 e. The van der Waals surface area contributed by atoms with Gasteiger partial charge in [-0.2, -0.15) is 0 Å². The van der Waals surface area contributed by atoms with E-state index in [2.05, 4.69) is 15.3 Å². The summed E-state index contributed by atoms with van der Waals surface area (Å²) in [5.41, 5.74) is 5.57. The molecule has 2 amide bonds. The number of rotatable bonds is 7. The van der Waals surface area contributed by atoms with Crippen LogP contribution in [0.2, 0.25) is 10.0 Å². The molecule has 12 heteroatoms. The topological polar surface area (TPSA) is 139 Å². The minimum absolute atomic E-state index is 0.0348. The number of primary amides is 1. The van der Waals surface area contributed by atoms with Crippen molar-refractivity contribution in [3.63, 3.8) is 0 Å². The van der Waals surface area contributed by atoms with E-state index in [1.54, 1.807) is 18.2 Å². The van der Waals surface area contributed by atoms with Crippen LogP contribution in [0.25, 0.3) is 11.5 Å². The van der Waals surface area contributed by atoms with Crippen LogP contribution in [0.15, 0.2) is 35.0 Å². The number of amides is 2. The number of oxazole rings is 1. The first-order valence-electron chi connectivity index (χ1n) is 9.04. The maximum atomic E-state index is 13.0. The highest BCUT2D eigenvalue weighted by Gasteiger charge is 2.28. The standard InChI is InChI=1S/C20H18Cl2N4O6/c1-9(31-20(23)28)17-16(18(27)25-15-11(21)7-24-8-12(15)22)26-19(32-17)10-4-5-13(29-2)14(6-10)30-3/h4-9H,1-3H3,(H2,23,28)(H,24,25,27). The summed E-state index contributed by atoms with van der Waals surface area (Å²) in [6.45, 7) is 1.48. The lowest BCUT2D eigenvalue weighted by Gasteiger charge is -2.11. The summed E-state index contributed by atoms with van der Waals surface area (Å²) < 4.78 is 21.3. The molecule has 3 rings (SSSR count). The van der Waals surface area contributed by atoms with E-state index in [9.17, 15) is 9.59 Å². The summed E-state index contributed by atoms with van der Waals surface area (Å²) in [6.07, 6.45) is 0.576. The Kier molecular flexibility index (Phi) is 7.06. The normalized spacial score (nSPS) is 11.5. The molecule has 2 heterocycles. The van der Waals surface area contributed by atoms with Crippen LogP contribution in [0.4, 0.5) is 10.5 Å². The van der Waals surface area contributed by atoms with Gasteiger partial charge in [-0.25, -0.2) is 9.78 Å². The second kappa shape index (κ2) is 9.75. The van der Waals surface area contributed by atoms with Gasteiger partial charge in [-0.3, -0.25) is 9.78 Å². The third-order valence-corrected chi connectivity index (χ3v) is 4.83. The van der Waals surface area contributed by atoms with Gasteiger partial charge in [0.05, 0.1) is 30.0 Å². The highest BCUT2D eigenvalue weighted by molar-refractivity contribution is 6.39. The molecule has 32 heavy (non-hydrogen) atoms. The van der Waals surface area contributed by atoms with Crippen molar-refractivity contribution in [1.29, 1.82) is 0 Å². The lowest BCUT2D eigenvalue weighted by molar-refractivity contribution is 0.0956. The molecular weight excluding hydrogens is 463 g/mol. The third-order valence-electron chi connectivity index (χ3n) is 4.25. The van der Waals surface area contributed by atoms with Gasteiger partial charge in [0.25, 0.3) is 5.91 Å². The van der Waals surface area contributed by atoms with Crippen LogP contribution in [-0.2, 0) is 4.74 Å². The average molecular weight is 481 g/mol. The van der Waals surface area contributed by atoms with Gasteiger partial charge in [-0.15, -0.1) is 0 Å². The molecule has 3 aromatic rings. The molecule has 0 aliphatic rings. The van der Waals surface area contributed by atoms with Crippen LogP contribution in [0, 0.1) is 0 Å². The Hall–Kier alpha value is -3.50. The molecule has 0 aliphatic carbocycles. The molecule has 0 saturated carbocycles. The number of nitrogens with zero attached hydrogens (tertiary/aromatic N) is 2. The van der Waals surface area contributed by atoms with E-state index in [4.69, 9.17) is 47.6 Å². The van der Waals surface area contributed by atoms with Gasteiger partial charge in [-0.1, -0.05) is 23.2 Å². The number of methoxy groups -OCH3 is 2. The smallest absolute Gasteiger partial charge is 0.405 e. The third kappa shape index (κ3) is 4.87. The van der Waals surface area contributed by atoms with Gasteiger partial charge in [0.2, 0.25) is 5.89 Å². The minimum Gasteiger partial charge on any atom is -0.493 e. The van der Waals surface area contributed by atoms with E-state index >= 15 is 0 Å². The molecule has 0 saturated heterocycles. The number of hydrogen-bond acceptors (Lipinski definition) is 8. The Morgan fingerprint density at radius 2 is 1.78 bits per heavy atom. The first kappa shape index (κ1) is 23.2. The van der Waals surface area contributed by atoms with E-state index < -0.39 is 18.1 Å². The Morgan fingerprint density at radius 3 is 2.38 bits per heavy atom. The fourth-order valence-corrected chi connectivity index (χ4v) is 3.25. The van der Waals surface area contributed by atoms with Gasteiger partial charge in [0.15, 0.2) is 29.1 Å². The van der Waals surface area contributed by atoms with E-state index in [0.29, 0.717) is 17.1 Å². The minimum atomic E-state index is -1.05. The van der Waals surface area contributed by atoms with Crippen LogP contribution in [0.3, 0.4) is 0 Å². The average Bonchev–Trinajstić information content (AvgIpc) is 3.21. The summed E-state index contributed by atoms with van der Waals surface area (Å²) in [5, 5.41) is 2.81. The summed E-state index contributed by atoms with van der Waals surface area (Å²) >= 11 is 12.2. The number of hydrogen-bond donors (Lipinski definition) is 2. The van der Waals surface area contributed by atoms with Crippen molar-refractivity contribution in [1.82, 2.24) is 9.97 Å². The van der Waals surface area contributed by atoms with Crippen molar-refractivity contribution in [3.05, 3.63) is 52.1 Å². The van der Waals surface area contributed by atoms with Crippen molar-refractivity contribution in [3.8, 4) is 23.0 Å². The van der Waals surface area contributed by atoms with E-state index in [1.165, 1.54) is 33.5 Å². The van der Waals surface area contributed by atoms with E-state index in [1.807, 2.05) is 0 Å². The predicted octanol–water partition coefficient (Wildman–Crippen LogP) is 4.47. The summed E-state index contributed by atoms with van der Waals surface area (Å²) in [4.78, 5) is 32.4. The monoisotopic (exact) mass is 480 g/mol. The highest BCUT2D eigenvalue weighted by Crippen LogP contribution is 2.35. The lowest BCUT2D eigenvalue weighted by atomic mass is 10.2. The zero-order valence-electron chi connectivity index (χ0n) is 17.1. The van der Waals surface area contributed by atoms with Gasteiger partial charge < -0.3 is 29.7 Å². The second-order valence-corrected chi connectivity index (χ2v) is 7.13. The largest absolute Gasteiger partial charge is 0.493 e. The summed E-state index contributed by atoms with van der Waals surface area (Å²) in [7, 11) is 2.98. The molecular formula is C20H18Cl2N4O6. The van der Waals surface area contributed by atoms with Crippen LogP contribution in [0.5, 0.6) is 11.5 Å². The number of carbonyl (C=O) groups is 2. The first-order valence-corrected chi connectivity index (χ1v) is 9.80. The fraction of sp³-hybridized carbons (Fsp3) is 0.200. The number of carbonyl (C=O) groups excluding carboxylic acids is 2. The van der Waals surface area contributed by atoms with Crippen molar-refractivity contribution >= 4 is 40.9 Å². The molecule has 10 nitrogen and oxygen atoms in total. The fourth-order valence-electron chi connectivity index (χ4n) is 2.79. The first-order chi connectivity index (χ1) is 15.2. The molecule has 0 aliphatic heterocycles. The Bertz CT molecular complexity index is 1150. The van der Waals surface area contributed by atoms with Crippen molar-refractivity contribution < 1.29 is 28.2 Å². The van der Waals surface area contributed by atoms with Crippen molar-refractivity contribution in [2.24, 2.45) is 5.73 Å². The zero-order valence-corrected chi connectivity index (χ0v) is 18.7. The second-order valence-electron chi connectivity index (χ2n) is 6.31. The Morgan fingerprint density at radius 1 is 1.12 bits per heavy atom. The highest BCUT2D eigenvalue weighted by atomic mass is 35.5. The summed E-state index contributed by atoms with van der Waals surface area (Å²) in [5.74, 6) is 0.247. The predicted molar refractivity (Wildman–Crippen MR) is 116 cm³/mol. The van der Waals surface area contributed by atoms with Gasteiger partial charge >= 0.3 is 6.09 Å². The van der Waals surface area contributed by atoms with Crippen molar-refractivity contribution in [2.75, 3.05) is 19.5 Å². The molecule has 0 radical (unpaired) electrons. The van der Waals surface area contributed by atoms with E-state index in [-0.39, 0.29) is 33.1 Å². The molecule has 168 valence electrons. The zero-order chi connectivity index (χ0) is 23.4. The molecule has 0 bridgehead atoms. The molecule has 0 fully saturated rings. The lowest BCUT2D eigenvalue weighted by Crippen LogP contribution is -2.19. The number of aromatic nitrogens is 2. The molecule has 0 spiro atoms. The maximum absolute atomic E-state index is 13.0. The molecule has 3 N–H and O–H groups in total. The Labute approximate surface area is 192 Å². The number of halogens is 2. The quantitative estimate of drug-likeness (QED) is 0.504. The molecule has 1 unspecified atom stereocenters. The summed E-state index contributed by atoms with van der Waals surface area (Å²) in [6, 6.07) is 4.93. The number of anilines is 1. The number of pyridine rings is 1. The molecule has 1 aromatic carbocycles. The van der Waals surface area contributed by atoms with Crippen molar-refractivity contribution in [2.45, 2.75) is 13.0 Å². The van der Waals surface area contributed by atoms with Crippen LogP contribution in [0.1, 0.15) is 29.3 Å². The number of nitrogens with one attached hydrogen (secondary N) is 1. The van der Waals surface area contributed by atoms with Gasteiger partial charge in [0.1, 0.15) is 0 Å². The SMILES string of the molecule is COc1ccc(-c2nc(C(=O)Nc3c(Cl)cncc3Cl)c(C(C)OC(N)=O)o2)cc1OC. The number of ether oxygens (including phenoxy) is 3. The van der Waals surface area contributed by atoms with E-state index in [0.717, 1.165) is 0 Å². The molecule has 1 atom stereocenters. The molecule has 2 aromatic heterocycles. The van der Waals surface area contributed by atoms with Crippen LogP contribution in [-0.4, -0.2) is 36.2 Å². The number of benzene rings is 1. The van der Waals surface area contributed by atoms with Crippen LogP contribution >= 0.6 is 23.2 Å². The van der Waals surface area contributed by atoms with Gasteiger partial charge in [0, 0.05) is 18.0 Å². The van der Waals surface area contributed by atoms with Gasteiger partial charge in [-0.05, 0) is 25.1 Å². The van der Waals surface area contributed by atoms with Crippen LogP contribution < -0.4 is 20.5 Å². The number of nitrogens with two attached hydrogens (primary N) is 1.